The van der Waals surface area contributed by atoms with Gasteiger partial charge in [-0.2, -0.15) is 0 Å². The molecule has 1 unspecified atom stereocenters. The summed E-state index contributed by atoms with van der Waals surface area (Å²) < 4.78 is 0. The number of carbonyl (C=O) groups is 1. The van der Waals surface area contributed by atoms with Crippen LogP contribution in [0, 0.1) is 0 Å². The highest BCUT2D eigenvalue weighted by Gasteiger charge is 2.15. The van der Waals surface area contributed by atoms with E-state index in [1.54, 1.807) is 6.20 Å². The number of ketones is 1. The number of fused-ring (bicyclic) bond motifs is 1. The van der Waals surface area contributed by atoms with Crippen molar-refractivity contribution in [1.82, 2.24) is 4.98 Å². The van der Waals surface area contributed by atoms with Crippen LogP contribution in [0.1, 0.15) is 36.5 Å². The Morgan fingerprint density at radius 1 is 1.39 bits per heavy atom. The minimum absolute atomic E-state index is 0.0224. The average molecular weight is 242 g/mol. The quantitative estimate of drug-likeness (QED) is 0.820. The Balaban J connectivity index is 2.22. The number of benzene rings is 1. The first-order valence-electron chi connectivity index (χ1n) is 6.37. The van der Waals surface area contributed by atoms with Crippen molar-refractivity contribution in [2.45, 2.75) is 32.2 Å². The molecule has 2 rings (SSSR count). The molecule has 0 amide bonds. The number of Topliss-reactive ketones (excluding diaryl/α,β-unsaturated/α-hetero) is 1. The largest absolute Gasteiger partial charge is 0.321 e. The van der Waals surface area contributed by atoms with Gasteiger partial charge in [0.1, 0.15) is 0 Å². The summed E-state index contributed by atoms with van der Waals surface area (Å²) in [6, 6.07) is 8.98. The summed E-state index contributed by atoms with van der Waals surface area (Å²) in [6.45, 7) is 2.10. The van der Waals surface area contributed by atoms with Gasteiger partial charge in [0.25, 0.3) is 0 Å². The molecule has 1 aromatic heterocycles. The summed E-state index contributed by atoms with van der Waals surface area (Å²) >= 11 is 0. The minimum Gasteiger partial charge on any atom is -0.321 e. The van der Waals surface area contributed by atoms with Gasteiger partial charge >= 0.3 is 0 Å². The van der Waals surface area contributed by atoms with Crippen LogP contribution >= 0.6 is 0 Å². The molecule has 0 aliphatic rings. The smallest absolute Gasteiger partial charge is 0.179 e. The van der Waals surface area contributed by atoms with Crippen LogP contribution in [-0.4, -0.2) is 16.8 Å². The van der Waals surface area contributed by atoms with E-state index in [-0.39, 0.29) is 11.8 Å². The Morgan fingerprint density at radius 2 is 2.22 bits per heavy atom. The molecule has 1 aromatic carbocycles. The van der Waals surface area contributed by atoms with Crippen molar-refractivity contribution < 1.29 is 4.79 Å². The summed E-state index contributed by atoms with van der Waals surface area (Å²) in [6.07, 6.45) is 4.54. The third-order valence-electron chi connectivity index (χ3n) is 3.09. The molecule has 0 saturated carbocycles. The van der Waals surface area contributed by atoms with Crippen molar-refractivity contribution in [2.75, 3.05) is 0 Å². The summed E-state index contributed by atoms with van der Waals surface area (Å²) in [5, 5.41) is 0.978. The van der Waals surface area contributed by atoms with Crippen LogP contribution in [0.25, 0.3) is 10.9 Å². The number of carbonyl (C=O) groups excluding carboxylic acids is 1. The number of nitrogens with zero attached hydrogens (tertiary/aromatic N) is 1. The van der Waals surface area contributed by atoms with E-state index in [0.29, 0.717) is 5.56 Å². The maximum Gasteiger partial charge on any atom is 0.179 e. The molecule has 1 atom stereocenters. The number of unbranched alkanes of at least 4 members (excludes halogenated alkanes) is 1. The van der Waals surface area contributed by atoms with Crippen molar-refractivity contribution in [3.05, 3.63) is 42.1 Å². The molecule has 3 nitrogen and oxygen atoms in total. The van der Waals surface area contributed by atoms with Crippen LogP contribution in [0.2, 0.25) is 0 Å². The Morgan fingerprint density at radius 3 is 3.00 bits per heavy atom. The number of pyridine rings is 1. The fourth-order valence-electron chi connectivity index (χ4n) is 2.00. The first-order chi connectivity index (χ1) is 8.72. The summed E-state index contributed by atoms with van der Waals surface area (Å²) in [4.78, 5) is 16.4. The lowest BCUT2D eigenvalue weighted by molar-refractivity contribution is 0.0956. The van der Waals surface area contributed by atoms with Crippen LogP contribution in [0.3, 0.4) is 0 Å². The zero-order valence-corrected chi connectivity index (χ0v) is 10.6. The predicted octanol–water partition coefficient (Wildman–Crippen LogP) is 2.94. The SMILES string of the molecule is CCCCC(N)C(=O)c1ccc2ncccc2c1. The standard InChI is InChI=1S/C15H18N2O/c1-2-3-6-13(16)15(18)12-7-8-14-11(10-12)5-4-9-17-14/h4-5,7-10,13H,2-3,6,16H2,1H3. The van der Waals surface area contributed by atoms with E-state index in [1.807, 2.05) is 30.3 Å². The second kappa shape index (κ2) is 5.74. The topological polar surface area (TPSA) is 56.0 Å². The molecule has 0 saturated heterocycles. The molecule has 1 heterocycles. The van der Waals surface area contributed by atoms with Crippen LogP contribution in [-0.2, 0) is 0 Å². The van der Waals surface area contributed by atoms with Crippen LogP contribution in [0.5, 0.6) is 0 Å². The maximum absolute atomic E-state index is 12.1. The van der Waals surface area contributed by atoms with Crippen molar-refractivity contribution in [3.8, 4) is 0 Å². The zero-order chi connectivity index (χ0) is 13.0. The number of hydrogen-bond acceptors (Lipinski definition) is 3. The highest BCUT2D eigenvalue weighted by Crippen LogP contribution is 2.15. The monoisotopic (exact) mass is 242 g/mol. The van der Waals surface area contributed by atoms with Gasteiger partial charge in [0, 0.05) is 17.1 Å². The number of hydrogen-bond donors (Lipinski definition) is 1. The van der Waals surface area contributed by atoms with E-state index in [4.69, 9.17) is 5.73 Å². The second-order valence-corrected chi connectivity index (χ2v) is 4.52. The molecular formula is C15H18N2O. The maximum atomic E-state index is 12.1. The molecular weight excluding hydrogens is 224 g/mol. The van der Waals surface area contributed by atoms with Crippen molar-refractivity contribution in [3.63, 3.8) is 0 Å². The van der Waals surface area contributed by atoms with Gasteiger partial charge in [0.15, 0.2) is 5.78 Å². The van der Waals surface area contributed by atoms with E-state index in [9.17, 15) is 4.79 Å². The van der Waals surface area contributed by atoms with E-state index in [0.717, 1.165) is 30.2 Å². The molecule has 18 heavy (non-hydrogen) atoms. The summed E-state index contributed by atoms with van der Waals surface area (Å²) in [7, 11) is 0. The van der Waals surface area contributed by atoms with Crippen LogP contribution in [0.15, 0.2) is 36.5 Å². The lowest BCUT2D eigenvalue weighted by Gasteiger charge is -2.10. The summed E-state index contributed by atoms with van der Waals surface area (Å²) in [5.41, 5.74) is 7.49. The van der Waals surface area contributed by atoms with Gasteiger partial charge in [-0.15, -0.1) is 0 Å². The first kappa shape index (κ1) is 12.7. The first-order valence-corrected chi connectivity index (χ1v) is 6.37. The van der Waals surface area contributed by atoms with Crippen LogP contribution in [0.4, 0.5) is 0 Å². The zero-order valence-electron chi connectivity index (χ0n) is 10.6. The number of nitrogens with two attached hydrogens (primary N) is 1. The number of rotatable bonds is 5. The van der Waals surface area contributed by atoms with Gasteiger partial charge in [-0.25, -0.2) is 0 Å². The lowest BCUT2D eigenvalue weighted by atomic mass is 9.99. The van der Waals surface area contributed by atoms with E-state index < -0.39 is 0 Å². The fourth-order valence-corrected chi connectivity index (χ4v) is 2.00. The van der Waals surface area contributed by atoms with Crippen molar-refractivity contribution in [1.29, 1.82) is 0 Å². The molecule has 94 valence electrons. The molecule has 0 fully saturated rings. The van der Waals surface area contributed by atoms with E-state index >= 15 is 0 Å². The minimum atomic E-state index is -0.390. The predicted molar refractivity (Wildman–Crippen MR) is 73.6 cm³/mol. The van der Waals surface area contributed by atoms with Crippen molar-refractivity contribution >= 4 is 16.7 Å². The Kier molecular flexibility index (Phi) is 4.05. The third-order valence-corrected chi connectivity index (χ3v) is 3.09. The van der Waals surface area contributed by atoms with Gasteiger partial charge in [-0.1, -0.05) is 25.8 Å². The molecule has 0 bridgehead atoms. The van der Waals surface area contributed by atoms with E-state index in [1.165, 1.54) is 0 Å². The van der Waals surface area contributed by atoms with Gasteiger partial charge in [0.05, 0.1) is 11.6 Å². The Bertz CT molecular complexity index is 551. The highest BCUT2D eigenvalue weighted by molar-refractivity contribution is 6.02. The molecule has 0 aliphatic heterocycles. The Hall–Kier alpha value is -1.74. The third kappa shape index (κ3) is 2.74. The van der Waals surface area contributed by atoms with Crippen molar-refractivity contribution in [2.24, 2.45) is 5.73 Å². The molecule has 2 N–H and O–H groups in total. The molecule has 0 radical (unpaired) electrons. The average Bonchev–Trinajstić information content (AvgIpc) is 2.43. The van der Waals surface area contributed by atoms with Gasteiger partial charge in [-0.3, -0.25) is 9.78 Å². The fraction of sp³-hybridized carbons (Fsp3) is 0.333. The van der Waals surface area contributed by atoms with Gasteiger partial charge in [-0.05, 0) is 30.7 Å². The lowest BCUT2D eigenvalue weighted by Crippen LogP contribution is -2.30. The van der Waals surface area contributed by atoms with E-state index in [2.05, 4.69) is 11.9 Å². The Labute approximate surface area is 107 Å². The normalized spacial score (nSPS) is 12.6. The van der Waals surface area contributed by atoms with Crippen LogP contribution < -0.4 is 5.73 Å². The number of aromatic nitrogens is 1. The molecule has 3 heteroatoms. The van der Waals surface area contributed by atoms with Gasteiger partial charge in [0.2, 0.25) is 0 Å². The molecule has 2 aromatic rings. The van der Waals surface area contributed by atoms with Gasteiger partial charge < -0.3 is 5.73 Å². The molecule has 0 spiro atoms. The molecule has 0 aliphatic carbocycles. The summed E-state index contributed by atoms with van der Waals surface area (Å²) in [5.74, 6) is 0.0224. The highest BCUT2D eigenvalue weighted by atomic mass is 16.1. The second-order valence-electron chi connectivity index (χ2n) is 4.52.